The second-order valence-corrected chi connectivity index (χ2v) is 6.54. The zero-order chi connectivity index (χ0) is 14.5. The largest absolute Gasteiger partial charge is 0.393 e. The predicted molar refractivity (Wildman–Crippen MR) is 75.7 cm³/mol. The Hall–Kier alpha value is -1.10. The van der Waals surface area contributed by atoms with Crippen LogP contribution in [0.15, 0.2) is 18.2 Å². The first-order chi connectivity index (χ1) is 9.37. The lowest BCUT2D eigenvalue weighted by molar-refractivity contribution is -0.143. The van der Waals surface area contributed by atoms with E-state index in [1.54, 1.807) is 6.92 Å². The van der Waals surface area contributed by atoms with Gasteiger partial charge < -0.3 is 15.2 Å². The maximum atomic E-state index is 12.6. The number of halogens is 1. The summed E-state index contributed by atoms with van der Waals surface area (Å²) in [6.07, 6.45) is -0.201. The molecule has 108 valence electrons. The highest BCUT2D eigenvalue weighted by Crippen LogP contribution is 2.45. The lowest BCUT2D eigenvalue weighted by Crippen LogP contribution is -2.66. The molecule has 0 unspecified atom stereocenters. The molecular formula is C15H18ClNO3. The third kappa shape index (κ3) is 1.86. The van der Waals surface area contributed by atoms with Crippen molar-refractivity contribution >= 4 is 17.5 Å². The first-order valence-corrected chi connectivity index (χ1v) is 7.14. The van der Waals surface area contributed by atoms with Crippen molar-refractivity contribution in [3.8, 4) is 0 Å². The molecule has 1 aromatic rings. The maximum absolute atomic E-state index is 12.6. The molecule has 0 aromatic heterocycles. The number of rotatable bonds is 2. The summed E-state index contributed by atoms with van der Waals surface area (Å²) in [7, 11) is 0. The molecule has 3 rings (SSSR count). The third-order valence-electron chi connectivity index (χ3n) is 4.35. The number of carbonyl (C=O) groups is 1. The van der Waals surface area contributed by atoms with E-state index < -0.39 is 17.1 Å². The zero-order valence-corrected chi connectivity index (χ0v) is 12.3. The summed E-state index contributed by atoms with van der Waals surface area (Å²) in [4.78, 5) is 12.6. The van der Waals surface area contributed by atoms with Gasteiger partial charge in [-0.1, -0.05) is 17.7 Å². The standard InChI is InChI=1S/C15H18ClNO3/c1-9(18)6-14(2)12-5-10(16)3-4-11(12)15(7-20-8-15)17-13(14)19/h3-5,9,18H,6-8H2,1-2H3,(H,17,19)/t9-,14-/m0/s1. The van der Waals surface area contributed by atoms with Gasteiger partial charge in [0.15, 0.2) is 0 Å². The second-order valence-electron chi connectivity index (χ2n) is 6.10. The van der Waals surface area contributed by atoms with Crippen molar-refractivity contribution in [2.45, 2.75) is 37.3 Å². The number of fused-ring (bicyclic) bond motifs is 2. The smallest absolute Gasteiger partial charge is 0.231 e. The van der Waals surface area contributed by atoms with Gasteiger partial charge in [0.05, 0.1) is 24.7 Å². The van der Waals surface area contributed by atoms with E-state index in [4.69, 9.17) is 16.3 Å². The highest BCUT2D eigenvalue weighted by molar-refractivity contribution is 6.30. The van der Waals surface area contributed by atoms with E-state index in [0.29, 0.717) is 24.7 Å². The fourth-order valence-electron chi connectivity index (χ4n) is 3.26. The van der Waals surface area contributed by atoms with Crippen molar-refractivity contribution in [3.63, 3.8) is 0 Å². The molecule has 2 heterocycles. The van der Waals surface area contributed by atoms with Crippen LogP contribution in [0.4, 0.5) is 0 Å². The molecule has 1 fully saturated rings. The third-order valence-corrected chi connectivity index (χ3v) is 4.58. The second kappa shape index (κ2) is 4.45. The maximum Gasteiger partial charge on any atom is 0.231 e. The lowest BCUT2D eigenvalue weighted by Gasteiger charge is -2.51. The van der Waals surface area contributed by atoms with Crippen LogP contribution in [-0.2, 0) is 20.5 Å². The van der Waals surface area contributed by atoms with Crippen molar-refractivity contribution in [2.24, 2.45) is 0 Å². The van der Waals surface area contributed by atoms with Crippen LogP contribution in [0.3, 0.4) is 0 Å². The van der Waals surface area contributed by atoms with Crippen LogP contribution < -0.4 is 5.32 Å². The highest BCUT2D eigenvalue weighted by atomic mass is 35.5. The van der Waals surface area contributed by atoms with Gasteiger partial charge in [-0.05, 0) is 43.5 Å². The summed E-state index contributed by atoms with van der Waals surface area (Å²) in [6.45, 7) is 4.52. The van der Waals surface area contributed by atoms with E-state index in [2.05, 4.69) is 5.32 Å². The van der Waals surface area contributed by atoms with Crippen LogP contribution in [0, 0.1) is 0 Å². The van der Waals surface area contributed by atoms with Crippen LogP contribution in [0.2, 0.25) is 5.02 Å². The number of benzene rings is 1. The Morgan fingerprint density at radius 1 is 1.45 bits per heavy atom. The Morgan fingerprint density at radius 3 is 2.70 bits per heavy atom. The molecular weight excluding hydrogens is 278 g/mol. The summed E-state index contributed by atoms with van der Waals surface area (Å²) in [5, 5.41) is 13.4. The van der Waals surface area contributed by atoms with Crippen molar-refractivity contribution in [1.82, 2.24) is 5.32 Å². The summed E-state index contributed by atoms with van der Waals surface area (Å²) in [5.41, 5.74) is 0.763. The molecule has 0 bridgehead atoms. The predicted octanol–water partition coefficient (Wildman–Crippen LogP) is 1.72. The minimum absolute atomic E-state index is 0.0727. The number of hydrogen-bond donors (Lipinski definition) is 2. The van der Waals surface area contributed by atoms with E-state index in [0.717, 1.165) is 11.1 Å². The Bertz CT molecular complexity index is 568. The fraction of sp³-hybridized carbons (Fsp3) is 0.533. The number of ether oxygens (including phenoxy) is 1. The van der Waals surface area contributed by atoms with Gasteiger partial charge in [-0.3, -0.25) is 4.79 Å². The quantitative estimate of drug-likeness (QED) is 0.873. The van der Waals surface area contributed by atoms with Crippen LogP contribution in [0.25, 0.3) is 0 Å². The number of nitrogens with one attached hydrogen (secondary N) is 1. The molecule has 4 nitrogen and oxygen atoms in total. The number of carbonyl (C=O) groups excluding carboxylic acids is 1. The van der Waals surface area contributed by atoms with E-state index >= 15 is 0 Å². The molecule has 0 radical (unpaired) electrons. The normalized spacial score (nSPS) is 28.5. The Balaban J connectivity index is 2.17. The molecule has 0 aliphatic carbocycles. The first-order valence-electron chi connectivity index (χ1n) is 6.76. The van der Waals surface area contributed by atoms with Crippen molar-refractivity contribution in [1.29, 1.82) is 0 Å². The Labute approximate surface area is 123 Å². The van der Waals surface area contributed by atoms with Gasteiger partial charge in [0.1, 0.15) is 5.54 Å². The molecule has 2 N–H and O–H groups in total. The van der Waals surface area contributed by atoms with Crippen LogP contribution in [-0.4, -0.2) is 30.3 Å². The number of hydrogen-bond acceptors (Lipinski definition) is 3. The number of aliphatic hydroxyl groups is 1. The van der Waals surface area contributed by atoms with Crippen LogP contribution in [0.1, 0.15) is 31.4 Å². The van der Waals surface area contributed by atoms with E-state index in [9.17, 15) is 9.90 Å². The van der Waals surface area contributed by atoms with Crippen molar-refractivity contribution in [2.75, 3.05) is 13.2 Å². The fourth-order valence-corrected chi connectivity index (χ4v) is 3.43. The van der Waals surface area contributed by atoms with Crippen molar-refractivity contribution < 1.29 is 14.6 Å². The van der Waals surface area contributed by atoms with Crippen LogP contribution >= 0.6 is 11.6 Å². The highest BCUT2D eigenvalue weighted by Gasteiger charge is 2.53. The topological polar surface area (TPSA) is 58.6 Å². The van der Waals surface area contributed by atoms with Gasteiger partial charge in [0.2, 0.25) is 5.91 Å². The van der Waals surface area contributed by atoms with Crippen LogP contribution in [0.5, 0.6) is 0 Å². The molecule has 2 aliphatic rings. The minimum Gasteiger partial charge on any atom is -0.393 e. The van der Waals surface area contributed by atoms with Gasteiger partial charge >= 0.3 is 0 Å². The summed E-state index contributed by atoms with van der Waals surface area (Å²) in [6, 6.07) is 5.64. The number of aliphatic hydroxyl groups excluding tert-OH is 1. The van der Waals surface area contributed by atoms with Gasteiger partial charge in [-0.15, -0.1) is 0 Å². The lowest BCUT2D eigenvalue weighted by atomic mass is 9.67. The molecule has 1 saturated heterocycles. The molecule has 0 saturated carbocycles. The van der Waals surface area contributed by atoms with Crippen molar-refractivity contribution in [3.05, 3.63) is 34.3 Å². The average molecular weight is 296 g/mol. The number of amides is 1. The summed E-state index contributed by atoms with van der Waals surface area (Å²) < 4.78 is 5.30. The van der Waals surface area contributed by atoms with Gasteiger partial charge in [0, 0.05) is 5.02 Å². The van der Waals surface area contributed by atoms with E-state index in [1.807, 2.05) is 25.1 Å². The Kier molecular flexibility index (Phi) is 3.08. The summed E-state index contributed by atoms with van der Waals surface area (Å²) >= 11 is 6.12. The molecule has 2 atom stereocenters. The summed E-state index contributed by atoms with van der Waals surface area (Å²) in [5.74, 6) is -0.0727. The Morgan fingerprint density at radius 2 is 2.15 bits per heavy atom. The average Bonchev–Trinajstić information content (AvgIpc) is 2.31. The first kappa shape index (κ1) is 13.9. The molecule has 1 aromatic carbocycles. The molecule has 1 spiro atoms. The minimum atomic E-state index is -0.769. The van der Waals surface area contributed by atoms with E-state index in [1.165, 1.54) is 0 Å². The molecule has 20 heavy (non-hydrogen) atoms. The molecule has 5 heteroatoms. The van der Waals surface area contributed by atoms with Gasteiger partial charge in [-0.25, -0.2) is 0 Å². The SMILES string of the molecule is C[C@H](O)C[C@]1(C)C(=O)NC2(COC2)c2ccc(Cl)cc21. The molecule has 1 amide bonds. The van der Waals surface area contributed by atoms with E-state index in [-0.39, 0.29) is 5.91 Å². The zero-order valence-electron chi connectivity index (χ0n) is 11.6. The van der Waals surface area contributed by atoms with Gasteiger partial charge in [-0.2, -0.15) is 0 Å². The van der Waals surface area contributed by atoms with Gasteiger partial charge in [0.25, 0.3) is 0 Å². The molecule has 2 aliphatic heterocycles. The monoisotopic (exact) mass is 295 g/mol.